The highest BCUT2D eigenvalue weighted by Gasteiger charge is 2.26. The number of pyridine rings is 1. The normalized spacial score (nSPS) is 18.1. The van der Waals surface area contributed by atoms with Gasteiger partial charge in [0.15, 0.2) is 5.78 Å². The number of hydrogen-bond donors (Lipinski definition) is 0. The van der Waals surface area contributed by atoms with Gasteiger partial charge in [-0.25, -0.2) is 0 Å². The third-order valence-corrected chi connectivity index (χ3v) is 8.03. The Kier molecular flexibility index (Phi) is 8.72. The Hall–Kier alpha value is -3.51. The van der Waals surface area contributed by atoms with E-state index in [4.69, 9.17) is 4.98 Å². The van der Waals surface area contributed by atoms with Gasteiger partial charge in [0.2, 0.25) is 0 Å². The zero-order valence-corrected chi connectivity index (χ0v) is 22.5. The number of ketones is 1. The number of carbonyl (C=O) groups is 1. The molecule has 0 spiro atoms. The third-order valence-electron chi connectivity index (χ3n) is 8.03. The van der Waals surface area contributed by atoms with Crippen LogP contribution in [0.2, 0.25) is 0 Å². The maximum absolute atomic E-state index is 13.7. The van der Waals surface area contributed by atoms with Gasteiger partial charge >= 0.3 is 0 Å². The van der Waals surface area contributed by atoms with Gasteiger partial charge < -0.3 is 0 Å². The van der Waals surface area contributed by atoms with Gasteiger partial charge in [-0.2, -0.15) is 5.26 Å². The maximum Gasteiger partial charge on any atom is 0.190 e. The van der Waals surface area contributed by atoms with Gasteiger partial charge in [0.1, 0.15) is 0 Å². The first-order valence-corrected chi connectivity index (χ1v) is 13.7. The molecule has 3 atom stereocenters. The Morgan fingerprint density at radius 2 is 1.89 bits per heavy atom. The molecule has 3 unspecified atom stereocenters. The van der Waals surface area contributed by atoms with Crippen molar-refractivity contribution in [2.24, 2.45) is 11.8 Å². The topological polar surface area (TPSA) is 53.8 Å². The molecular formula is C34H38N2O. The highest BCUT2D eigenvalue weighted by molar-refractivity contribution is 6.09. The zero-order chi connectivity index (χ0) is 26.4. The van der Waals surface area contributed by atoms with Crippen LogP contribution in [0.1, 0.15) is 91.0 Å². The van der Waals surface area contributed by atoms with Crippen LogP contribution >= 0.6 is 0 Å². The van der Waals surface area contributed by atoms with Crippen LogP contribution in [-0.2, 0) is 6.42 Å². The number of allylic oxidation sites excluding steroid dienone is 1. The molecule has 0 amide bonds. The third kappa shape index (κ3) is 6.44. The summed E-state index contributed by atoms with van der Waals surface area (Å²) in [4.78, 5) is 18.8. The average molecular weight is 491 g/mol. The molecule has 0 radical (unpaired) electrons. The van der Waals surface area contributed by atoms with E-state index >= 15 is 0 Å². The largest absolute Gasteiger partial charge is 0.289 e. The van der Waals surface area contributed by atoms with Gasteiger partial charge in [0.25, 0.3) is 0 Å². The smallest absolute Gasteiger partial charge is 0.190 e. The van der Waals surface area contributed by atoms with E-state index in [0.717, 1.165) is 36.2 Å². The fraction of sp³-hybridized carbons (Fsp3) is 0.382. The van der Waals surface area contributed by atoms with Crippen LogP contribution in [0.4, 0.5) is 0 Å². The van der Waals surface area contributed by atoms with E-state index in [9.17, 15) is 10.1 Å². The molecule has 1 aromatic heterocycles. The van der Waals surface area contributed by atoms with E-state index in [2.05, 4.69) is 57.7 Å². The molecule has 3 aromatic rings. The van der Waals surface area contributed by atoms with Crippen molar-refractivity contribution in [3.63, 3.8) is 0 Å². The van der Waals surface area contributed by atoms with Gasteiger partial charge in [0, 0.05) is 11.1 Å². The highest BCUT2D eigenvalue weighted by Crippen LogP contribution is 2.35. The molecule has 1 aliphatic rings. The molecule has 3 nitrogen and oxygen atoms in total. The Morgan fingerprint density at radius 1 is 1.11 bits per heavy atom. The molecule has 1 aliphatic carbocycles. The molecule has 1 saturated carbocycles. The lowest BCUT2D eigenvalue weighted by atomic mass is 9.76. The molecule has 0 saturated heterocycles. The first-order chi connectivity index (χ1) is 17.9. The summed E-state index contributed by atoms with van der Waals surface area (Å²) in [6.07, 6.45) is 7.50. The summed E-state index contributed by atoms with van der Waals surface area (Å²) in [6, 6.07) is 22.2. The first-order valence-electron chi connectivity index (χ1n) is 13.7. The molecule has 190 valence electrons. The predicted octanol–water partition coefficient (Wildman–Crippen LogP) is 8.62. The lowest BCUT2D eigenvalue weighted by Gasteiger charge is -2.29. The van der Waals surface area contributed by atoms with Gasteiger partial charge in [-0.3, -0.25) is 9.78 Å². The number of Topliss-reactive ketones (excluding diaryl/α,β-unsaturated/α-hetero) is 1. The van der Waals surface area contributed by atoms with E-state index in [1.54, 1.807) is 0 Å². The number of nitrogens with zero attached hydrogens (tertiary/aromatic N) is 2. The minimum Gasteiger partial charge on any atom is -0.289 e. The van der Waals surface area contributed by atoms with Crippen molar-refractivity contribution in [3.05, 3.63) is 101 Å². The molecule has 4 rings (SSSR count). The van der Waals surface area contributed by atoms with Crippen LogP contribution < -0.4 is 0 Å². The van der Waals surface area contributed by atoms with Gasteiger partial charge in [0.05, 0.1) is 23.0 Å². The molecule has 1 fully saturated rings. The number of aryl methyl sites for hydroxylation is 2. The summed E-state index contributed by atoms with van der Waals surface area (Å²) in [6.45, 7) is 10.8. The summed E-state index contributed by atoms with van der Waals surface area (Å²) in [5, 5.41) is 9.64. The monoisotopic (exact) mass is 490 g/mol. The average Bonchev–Trinajstić information content (AvgIpc) is 2.92. The predicted molar refractivity (Wildman–Crippen MR) is 152 cm³/mol. The van der Waals surface area contributed by atoms with Crippen molar-refractivity contribution < 1.29 is 4.79 Å². The minimum atomic E-state index is 0.0165. The van der Waals surface area contributed by atoms with Crippen molar-refractivity contribution in [2.45, 2.75) is 71.6 Å². The van der Waals surface area contributed by atoms with Crippen LogP contribution in [0, 0.1) is 30.1 Å². The minimum absolute atomic E-state index is 0.0165. The van der Waals surface area contributed by atoms with Crippen molar-refractivity contribution >= 4 is 5.78 Å². The number of carbonyl (C=O) groups excluding carboxylic acids is 1. The van der Waals surface area contributed by atoms with Crippen LogP contribution in [-0.4, -0.2) is 10.8 Å². The Labute approximate surface area is 222 Å². The second kappa shape index (κ2) is 12.2. The van der Waals surface area contributed by atoms with Gasteiger partial charge in [-0.1, -0.05) is 87.7 Å². The summed E-state index contributed by atoms with van der Waals surface area (Å²) in [7, 11) is 0. The number of benzene rings is 2. The number of nitriles is 1. The highest BCUT2D eigenvalue weighted by atomic mass is 16.1. The number of hydrogen-bond acceptors (Lipinski definition) is 3. The fourth-order valence-electron chi connectivity index (χ4n) is 5.68. The van der Waals surface area contributed by atoms with Gasteiger partial charge in [-0.05, 0) is 79.7 Å². The van der Waals surface area contributed by atoms with Gasteiger partial charge in [-0.15, -0.1) is 0 Å². The van der Waals surface area contributed by atoms with E-state index in [0.29, 0.717) is 28.5 Å². The standard InChI is InChI=1S/C34H38N2O/c1-23-10-9-12-27(20-23)17-16-25(3)33-31(34(37)26(4)21-28-13-6-5-11-24(28)2)18-19-32(36-33)30-15-8-7-14-29(30)22-35/h7-10,12,14-15,18-20,24-25,28H,4-6,11,13,16-17,21H2,1-3H3. The molecule has 0 bridgehead atoms. The van der Waals surface area contributed by atoms with Crippen LogP contribution in [0.3, 0.4) is 0 Å². The van der Waals surface area contributed by atoms with Crippen LogP contribution in [0.15, 0.2) is 72.8 Å². The molecule has 37 heavy (non-hydrogen) atoms. The van der Waals surface area contributed by atoms with Crippen LogP contribution in [0.5, 0.6) is 0 Å². The first kappa shape index (κ1) is 26.6. The SMILES string of the molecule is C=C(CC1CCCCC1C)C(=O)c1ccc(-c2ccccc2C#N)nc1C(C)CCc1cccc(C)c1. The van der Waals surface area contributed by atoms with E-state index in [1.807, 2.05) is 36.4 Å². The second-order valence-corrected chi connectivity index (χ2v) is 10.9. The lowest BCUT2D eigenvalue weighted by Crippen LogP contribution is -2.20. The van der Waals surface area contributed by atoms with E-state index in [-0.39, 0.29) is 11.7 Å². The second-order valence-electron chi connectivity index (χ2n) is 10.9. The molecule has 1 heterocycles. The van der Waals surface area contributed by atoms with E-state index in [1.165, 1.54) is 36.8 Å². The van der Waals surface area contributed by atoms with E-state index < -0.39 is 0 Å². The Balaban J connectivity index is 1.65. The number of rotatable bonds is 9. The summed E-state index contributed by atoms with van der Waals surface area (Å²) in [5.41, 5.74) is 6.82. The van der Waals surface area contributed by atoms with Crippen molar-refractivity contribution in [3.8, 4) is 17.3 Å². The quantitative estimate of drug-likeness (QED) is 0.223. The molecular weight excluding hydrogens is 452 g/mol. The van der Waals surface area contributed by atoms with Crippen molar-refractivity contribution in [1.82, 2.24) is 4.98 Å². The number of aromatic nitrogens is 1. The summed E-state index contributed by atoms with van der Waals surface area (Å²) < 4.78 is 0. The molecule has 2 aromatic carbocycles. The summed E-state index contributed by atoms with van der Waals surface area (Å²) in [5.74, 6) is 1.26. The molecule has 3 heteroatoms. The molecule has 0 aliphatic heterocycles. The van der Waals surface area contributed by atoms with Crippen molar-refractivity contribution in [1.29, 1.82) is 5.26 Å². The zero-order valence-electron chi connectivity index (χ0n) is 22.5. The van der Waals surface area contributed by atoms with Crippen molar-refractivity contribution in [2.75, 3.05) is 0 Å². The van der Waals surface area contributed by atoms with Crippen LogP contribution in [0.25, 0.3) is 11.3 Å². The Bertz CT molecular complexity index is 1320. The fourth-order valence-corrected chi connectivity index (χ4v) is 5.68. The summed E-state index contributed by atoms with van der Waals surface area (Å²) >= 11 is 0. The maximum atomic E-state index is 13.7. The molecule has 0 N–H and O–H groups in total. The Morgan fingerprint density at radius 3 is 2.65 bits per heavy atom. The lowest BCUT2D eigenvalue weighted by molar-refractivity contribution is 0.102.